The second-order valence-electron chi connectivity index (χ2n) is 7.49. The lowest BCUT2D eigenvalue weighted by molar-refractivity contribution is -0.0265. The SMILES string of the molecule is CCNC(=NCc1ccccc1OC)NCC1CCCOC1c1ccc(C)cc1.I. The van der Waals surface area contributed by atoms with E-state index in [0.717, 1.165) is 49.8 Å². The minimum atomic E-state index is 0. The van der Waals surface area contributed by atoms with Gasteiger partial charge >= 0.3 is 0 Å². The maximum atomic E-state index is 6.15. The van der Waals surface area contributed by atoms with Gasteiger partial charge in [0.15, 0.2) is 5.96 Å². The molecule has 0 aromatic heterocycles. The predicted molar refractivity (Wildman–Crippen MR) is 134 cm³/mol. The number of nitrogens with zero attached hydrogens (tertiary/aromatic N) is 1. The van der Waals surface area contributed by atoms with Gasteiger partial charge in [0, 0.05) is 31.2 Å². The normalized spacial score (nSPS) is 19.0. The van der Waals surface area contributed by atoms with E-state index >= 15 is 0 Å². The Morgan fingerprint density at radius 1 is 1.13 bits per heavy atom. The Bertz CT molecular complexity index is 795. The van der Waals surface area contributed by atoms with Crippen molar-refractivity contribution < 1.29 is 9.47 Å². The van der Waals surface area contributed by atoms with E-state index in [1.165, 1.54) is 11.1 Å². The molecule has 164 valence electrons. The molecule has 2 aromatic carbocycles. The van der Waals surface area contributed by atoms with Crippen LogP contribution in [-0.2, 0) is 11.3 Å². The maximum absolute atomic E-state index is 6.15. The van der Waals surface area contributed by atoms with Crippen LogP contribution >= 0.6 is 24.0 Å². The van der Waals surface area contributed by atoms with Crippen LogP contribution < -0.4 is 15.4 Å². The van der Waals surface area contributed by atoms with Crippen LogP contribution in [0.15, 0.2) is 53.5 Å². The zero-order valence-electron chi connectivity index (χ0n) is 18.2. The Labute approximate surface area is 197 Å². The van der Waals surface area contributed by atoms with Crippen LogP contribution in [0.1, 0.15) is 42.6 Å². The molecule has 1 heterocycles. The number of hydrogen-bond donors (Lipinski definition) is 2. The highest BCUT2D eigenvalue weighted by molar-refractivity contribution is 14.0. The van der Waals surface area contributed by atoms with E-state index in [1.807, 2.05) is 24.3 Å². The second kappa shape index (κ2) is 12.8. The van der Waals surface area contributed by atoms with Crippen LogP contribution in [0.3, 0.4) is 0 Å². The molecule has 0 radical (unpaired) electrons. The molecule has 2 unspecified atom stereocenters. The van der Waals surface area contributed by atoms with Crippen LogP contribution in [-0.4, -0.2) is 32.8 Å². The highest BCUT2D eigenvalue weighted by Gasteiger charge is 2.27. The van der Waals surface area contributed by atoms with Gasteiger partial charge in [0.05, 0.1) is 19.8 Å². The topological polar surface area (TPSA) is 54.9 Å². The summed E-state index contributed by atoms with van der Waals surface area (Å²) >= 11 is 0. The molecule has 1 fully saturated rings. The van der Waals surface area contributed by atoms with Crippen LogP contribution in [0.2, 0.25) is 0 Å². The lowest BCUT2D eigenvalue weighted by atomic mass is 9.89. The van der Waals surface area contributed by atoms with Gasteiger partial charge < -0.3 is 20.1 Å². The molecular weight excluding hydrogens is 489 g/mol. The molecule has 0 bridgehead atoms. The van der Waals surface area contributed by atoms with Gasteiger partial charge in [0.2, 0.25) is 0 Å². The predicted octanol–water partition coefficient (Wildman–Crippen LogP) is 4.84. The number of para-hydroxylation sites is 1. The molecule has 30 heavy (non-hydrogen) atoms. The minimum Gasteiger partial charge on any atom is -0.496 e. The van der Waals surface area contributed by atoms with Gasteiger partial charge in [-0.05, 0) is 38.3 Å². The van der Waals surface area contributed by atoms with E-state index in [-0.39, 0.29) is 30.1 Å². The van der Waals surface area contributed by atoms with Gasteiger partial charge in [-0.1, -0.05) is 48.0 Å². The molecule has 1 aliphatic heterocycles. The molecule has 2 aromatic rings. The van der Waals surface area contributed by atoms with E-state index in [4.69, 9.17) is 14.5 Å². The van der Waals surface area contributed by atoms with Gasteiger partial charge in [0.1, 0.15) is 5.75 Å². The van der Waals surface area contributed by atoms with Crippen LogP contribution in [0.5, 0.6) is 5.75 Å². The number of halogens is 1. The molecule has 0 amide bonds. The van der Waals surface area contributed by atoms with Gasteiger partial charge in [0.25, 0.3) is 0 Å². The average Bonchev–Trinajstić information content (AvgIpc) is 2.76. The number of ether oxygens (including phenoxy) is 2. The lowest BCUT2D eigenvalue weighted by Gasteiger charge is -2.32. The van der Waals surface area contributed by atoms with Gasteiger partial charge in [-0.25, -0.2) is 4.99 Å². The van der Waals surface area contributed by atoms with E-state index in [2.05, 4.69) is 48.7 Å². The Hall–Kier alpha value is -1.80. The number of guanidine groups is 1. The molecule has 3 rings (SSSR count). The Morgan fingerprint density at radius 2 is 1.90 bits per heavy atom. The fraction of sp³-hybridized carbons (Fsp3) is 0.458. The van der Waals surface area contributed by atoms with Crippen molar-refractivity contribution in [1.29, 1.82) is 0 Å². The summed E-state index contributed by atoms with van der Waals surface area (Å²) in [4.78, 5) is 4.76. The minimum absolute atomic E-state index is 0. The van der Waals surface area contributed by atoms with Crippen molar-refractivity contribution in [3.63, 3.8) is 0 Å². The first-order valence-electron chi connectivity index (χ1n) is 10.5. The monoisotopic (exact) mass is 523 g/mol. The number of hydrogen-bond acceptors (Lipinski definition) is 3. The zero-order valence-corrected chi connectivity index (χ0v) is 20.5. The molecule has 5 nitrogen and oxygen atoms in total. The third kappa shape index (κ3) is 6.87. The van der Waals surface area contributed by atoms with Crippen molar-refractivity contribution in [3.05, 3.63) is 65.2 Å². The largest absolute Gasteiger partial charge is 0.496 e. The Balaban J connectivity index is 0.00000320. The molecule has 1 saturated heterocycles. The smallest absolute Gasteiger partial charge is 0.191 e. The van der Waals surface area contributed by atoms with Crippen molar-refractivity contribution in [2.45, 2.75) is 39.3 Å². The number of methoxy groups -OCH3 is 1. The van der Waals surface area contributed by atoms with Crippen LogP contribution in [0.4, 0.5) is 0 Å². The van der Waals surface area contributed by atoms with Gasteiger partial charge in [-0.3, -0.25) is 0 Å². The maximum Gasteiger partial charge on any atom is 0.191 e. The first-order valence-corrected chi connectivity index (χ1v) is 10.5. The van der Waals surface area contributed by atoms with Crippen LogP contribution in [0.25, 0.3) is 0 Å². The summed E-state index contributed by atoms with van der Waals surface area (Å²) in [5.74, 6) is 2.11. The number of benzene rings is 2. The summed E-state index contributed by atoms with van der Waals surface area (Å²) in [5.41, 5.74) is 3.61. The fourth-order valence-corrected chi connectivity index (χ4v) is 3.74. The molecule has 0 saturated carbocycles. The third-order valence-corrected chi connectivity index (χ3v) is 5.33. The highest BCUT2D eigenvalue weighted by Crippen LogP contribution is 2.33. The molecule has 1 aliphatic rings. The lowest BCUT2D eigenvalue weighted by Crippen LogP contribution is -2.42. The number of nitrogens with one attached hydrogen (secondary N) is 2. The van der Waals surface area contributed by atoms with Gasteiger partial charge in [-0.2, -0.15) is 0 Å². The summed E-state index contributed by atoms with van der Waals surface area (Å²) in [5, 5.41) is 6.88. The highest BCUT2D eigenvalue weighted by atomic mass is 127. The number of aliphatic imine (C=N–C) groups is 1. The molecule has 2 N–H and O–H groups in total. The fourth-order valence-electron chi connectivity index (χ4n) is 3.74. The van der Waals surface area contributed by atoms with E-state index < -0.39 is 0 Å². The molecular formula is C24H34IN3O2. The zero-order chi connectivity index (χ0) is 20.5. The van der Waals surface area contributed by atoms with Crippen molar-refractivity contribution in [2.75, 3.05) is 26.8 Å². The van der Waals surface area contributed by atoms with Crippen molar-refractivity contribution in [1.82, 2.24) is 10.6 Å². The van der Waals surface area contributed by atoms with E-state index in [9.17, 15) is 0 Å². The summed E-state index contributed by atoms with van der Waals surface area (Å²) in [6, 6.07) is 16.7. The average molecular weight is 523 g/mol. The van der Waals surface area contributed by atoms with E-state index in [0.29, 0.717) is 12.5 Å². The second-order valence-corrected chi connectivity index (χ2v) is 7.49. The van der Waals surface area contributed by atoms with Crippen LogP contribution in [0, 0.1) is 12.8 Å². The summed E-state index contributed by atoms with van der Waals surface area (Å²) < 4.78 is 11.6. The molecule has 0 aliphatic carbocycles. The molecule has 6 heteroatoms. The van der Waals surface area contributed by atoms with Crippen molar-refractivity contribution in [2.24, 2.45) is 10.9 Å². The quantitative estimate of drug-likeness (QED) is 0.310. The summed E-state index contributed by atoms with van der Waals surface area (Å²) in [6.45, 7) is 7.25. The number of rotatable bonds is 7. The first-order chi connectivity index (χ1) is 14.2. The Kier molecular flexibility index (Phi) is 10.4. The van der Waals surface area contributed by atoms with Crippen molar-refractivity contribution in [3.8, 4) is 5.75 Å². The van der Waals surface area contributed by atoms with Crippen molar-refractivity contribution >= 4 is 29.9 Å². The van der Waals surface area contributed by atoms with Gasteiger partial charge in [-0.15, -0.1) is 24.0 Å². The third-order valence-electron chi connectivity index (χ3n) is 5.33. The summed E-state index contributed by atoms with van der Waals surface area (Å²) in [7, 11) is 1.69. The summed E-state index contributed by atoms with van der Waals surface area (Å²) in [6.07, 6.45) is 2.38. The Morgan fingerprint density at radius 3 is 2.63 bits per heavy atom. The molecule has 0 spiro atoms. The molecule has 2 atom stereocenters. The number of aryl methyl sites for hydroxylation is 1. The standard InChI is InChI=1S/C24H33N3O2.HI/c1-4-25-24(26-16-20-8-5-6-10-22(20)28-3)27-17-21-9-7-15-29-23(21)19-13-11-18(2)12-14-19;/h5-6,8,10-14,21,23H,4,7,9,15-17H2,1-3H3,(H2,25,26,27);1H. The van der Waals surface area contributed by atoms with E-state index in [1.54, 1.807) is 7.11 Å². The first kappa shape index (κ1) is 24.5.